The van der Waals surface area contributed by atoms with Crippen LogP contribution in [0.2, 0.25) is 0 Å². The van der Waals surface area contributed by atoms with Crippen LogP contribution in [0, 0.1) is 0 Å². The van der Waals surface area contributed by atoms with Gasteiger partial charge in [-0.05, 0) is 0 Å². The van der Waals surface area contributed by atoms with Crippen molar-refractivity contribution in [2.75, 3.05) is 6.61 Å². The Morgan fingerprint density at radius 2 is 2.00 bits per heavy atom. The number of hydrogen-bond donors (Lipinski definition) is 4. The van der Waals surface area contributed by atoms with Crippen LogP contribution in [-0.2, 0) is 9.09 Å². The maximum atomic E-state index is 10.1. The first-order chi connectivity index (χ1) is 4.87. The van der Waals surface area contributed by atoms with Crippen molar-refractivity contribution in [3.8, 4) is 0 Å². The first-order valence-corrected chi connectivity index (χ1v) is 4.85. The molecule has 0 radical (unpaired) electrons. The first-order valence-electron chi connectivity index (χ1n) is 2.65. The molecule has 3 atom stereocenters. The summed E-state index contributed by atoms with van der Waals surface area (Å²) >= 11 is 0. The molecule has 0 aromatic carbocycles. The fourth-order valence-corrected chi connectivity index (χ4v) is 1.39. The van der Waals surface area contributed by atoms with Crippen LogP contribution < -0.4 is 0 Å². The largest absolute Gasteiger partial charge is 0.470 e. The molecule has 0 aliphatic heterocycles. The zero-order valence-corrected chi connectivity index (χ0v) is 7.54. The fraction of sp³-hybridized carbons (Fsp3) is 1.00. The third-order valence-corrected chi connectivity index (χ3v) is 2.15. The van der Waals surface area contributed by atoms with Gasteiger partial charge in [-0.15, -0.1) is 9.24 Å². The van der Waals surface area contributed by atoms with Crippen molar-refractivity contribution in [2.45, 2.75) is 11.9 Å². The molecule has 6 nitrogen and oxygen atoms in total. The highest BCUT2D eigenvalue weighted by Crippen LogP contribution is 2.39. The smallest absolute Gasteiger partial charge is 0.394 e. The number of hydrogen-bond acceptors (Lipinski definition) is 4. The van der Waals surface area contributed by atoms with Crippen molar-refractivity contribution in [3.63, 3.8) is 0 Å². The molecule has 0 bridgehead atoms. The van der Waals surface area contributed by atoms with Gasteiger partial charge in [0.15, 0.2) is 0 Å². The lowest BCUT2D eigenvalue weighted by molar-refractivity contribution is 0.0257. The normalized spacial score (nSPS) is 17.9. The molecular formula is C3H10O6P2. The molecule has 0 amide bonds. The maximum Gasteiger partial charge on any atom is 0.470 e. The Morgan fingerprint density at radius 1 is 1.55 bits per heavy atom. The third-order valence-electron chi connectivity index (χ3n) is 0.825. The first kappa shape index (κ1) is 11.5. The zero-order chi connectivity index (χ0) is 9.07. The van der Waals surface area contributed by atoms with E-state index in [0.717, 1.165) is 0 Å². The second-order valence-electron chi connectivity index (χ2n) is 1.81. The van der Waals surface area contributed by atoms with E-state index in [2.05, 4.69) is 4.52 Å². The zero-order valence-electron chi connectivity index (χ0n) is 5.49. The van der Waals surface area contributed by atoms with E-state index in [1.54, 1.807) is 0 Å². The molecular weight excluding hydrogens is 194 g/mol. The number of phosphoric acid groups is 1. The summed E-state index contributed by atoms with van der Waals surface area (Å²) in [4.78, 5) is 16.4. The van der Waals surface area contributed by atoms with Gasteiger partial charge in [0.25, 0.3) is 0 Å². The molecule has 68 valence electrons. The lowest BCUT2D eigenvalue weighted by Gasteiger charge is -2.16. The van der Waals surface area contributed by atoms with E-state index in [9.17, 15) is 4.57 Å². The highest BCUT2D eigenvalue weighted by Gasteiger charge is 2.23. The van der Waals surface area contributed by atoms with Gasteiger partial charge in [0.05, 0.1) is 6.61 Å². The topological polar surface area (TPSA) is 107 Å². The van der Waals surface area contributed by atoms with Gasteiger partial charge >= 0.3 is 7.82 Å². The molecule has 11 heavy (non-hydrogen) atoms. The second-order valence-corrected chi connectivity index (χ2v) is 3.66. The van der Waals surface area contributed by atoms with E-state index < -0.39 is 26.4 Å². The molecule has 8 heteroatoms. The van der Waals surface area contributed by atoms with E-state index in [1.807, 2.05) is 9.24 Å². The molecule has 3 unspecified atom stereocenters. The Balaban J connectivity index is 3.87. The number of aliphatic hydroxyl groups excluding tert-OH is 2. The summed E-state index contributed by atoms with van der Waals surface area (Å²) in [6, 6.07) is 0. The van der Waals surface area contributed by atoms with Crippen LogP contribution in [0.4, 0.5) is 0 Å². The van der Waals surface area contributed by atoms with Crippen LogP contribution in [-0.4, -0.2) is 38.6 Å². The molecule has 0 aliphatic rings. The minimum atomic E-state index is -4.58. The molecule has 0 aliphatic carbocycles. The van der Waals surface area contributed by atoms with Crippen molar-refractivity contribution < 1.29 is 29.1 Å². The molecule has 4 N–H and O–H groups in total. The number of rotatable bonds is 4. The van der Waals surface area contributed by atoms with Gasteiger partial charge in [-0.3, -0.25) is 4.52 Å². The van der Waals surface area contributed by atoms with Gasteiger partial charge < -0.3 is 20.0 Å². The SMILES string of the molecule is O=P(O)(O)OC(P)C(O)CO. The molecule has 0 saturated heterocycles. The van der Waals surface area contributed by atoms with Crippen molar-refractivity contribution in [3.05, 3.63) is 0 Å². The van der Waals surface area contributed by atoms with Crippen LogP contribution in [0.25, 0.3) is 0 Å². The van der Waals surface area contributed by atoms with Crippen molar-refractivity contribution in [1.29, 1.82) is 0 Å². The molecule has 0 aromatic rings. The Hall–Kier alpha value is 0.460. The van der Waals surface area contributed by atoms with E-state index in [-0.39, 0.29) is 0 Å². The number of phosphoric ester groups is 1. The Kier molecular flexibility index (Phi) is 4.66. The van der Waals surface area contributed by atoms with Gasteiger partial charge in [0.1, 0.15) is 11.9 Å². The van der Waals surface area contributed by atoms with Gasteiger partial charge in [0, 0.05) is 0 Å². The summed E-state index contributed by atoms with van der Waals surface area (Å²) in [5, 5.41) is 17.1. The van der Waals surface area contributed by atoms with Crippen molar-refractivity contribution in [2.24, 2.45) is 0 Å². The maximum absolute atomic E-state index is 10.1. The predicted molar refractivity (Wildman–Crippen MR) is 39.7 cm³/mol. The molecule has 0 saturated carbocycles. The monoisotopic (exact) mass is 204 g/mol. The molecule has 0 aromatic heterocycles. The van der Waals surface area contributed by atoms with Gasteiger partial charge in [-0.25, -0.2) is 4.57 Å². The van der Waals surface area contributed by atoms with E-state index >= 15 is 0 Å². The minimum absolute atomic E-state index is 0.617. The van der Waals surface area contributed by atoms with Crippen molar-refractivity contribution in [1.82, 2.24) is 0 Å². The lowest BCUT2D eigenvalue weighted by atomic mass is 10.4. The quantitative estimate of drug-likeness (QED) is 0.422. The second kappa shape index (κ2) is 4.48. The van der Waals surface area contributed by atoms with Gasteiger partial charge in [0.2, 0.25) is 0 Å². The summed E-state index contributed by atoms with van der Waals surface area (Å²) in [6.07, 6.45) is -1.31. The summed E-state index contributed by atoms with van der Waals surface area (Å²) in [7, 11) is -2.72. The predicted octanol–water partition coefficient (Wildman–Crippen LogP) is -1.35. The summed E-state index contributed by atoms with van der Waals surface area (Å²) < 4.78 is 14.1. The summed E-state index contributed by atoms with van der Waals surface area (Å²) in [5.74, 6) is -1.17. The summed E-state index contributed by atoms with van der Waals surface area (Å²) in [6.45, 7) is -0.617. The third kappa shape index (κ3) is 5.70. The van der Waals surface area contributed by atoms with E-state index in [0.29, 0.717) is 0 Å². The van der Waals surface area contributed by atoms with Gasteiger partial charge in [-0.2, -0.15) is 0 Å². The molecule has 0 spiro atoms. The summed E-state index contributed by atoms with van der Waals surface area (Å²) in [5.41, 5.74) is 0. The fourth-order valence-electron chi connectivity index (χ4n) is 0.333. The average Bonchev–Trinajstić information content (AvgIpc) is 1.82. The lowest BCUT2D eigenvalue weighted by Crippen LogP contribution is -2.25. The van der Waals surface area contributed by atoms with E-state index in [1.165, 1.54) is 0 Å². The van der Waals surface area contributed by atoms with Crippen LogP contribution in [0.5, 0.6) is 0 Å². The molecule has 0 fully saturated rings. The molecule has 0 rings (SSSR count). The highest BCUT2D eigenvalue weighted by molar-refractivity contribution is 7.46. The Bertz CT molecular complexity index is 154. The van der Waals surface area contributed by atoms with Crippen LogP contribution in [0.3, 0.4) is 0 Å². The number of aliphatic hydroxyl groups is 2. The minimum Gasteiger partial charge on any atom is -0.394 e. The van der Waals surface area contributed by atoms with E-state index in [4.69, 9.17) is 20.0 Å². The highest BCUT2D eigenvalue weighted by atomic mass is 31.2. The van der Waals surface area contributed by atoms with Crippen LogP contribution >= 0.6 is 17.1 Å². The van der Waals surface area contributed by atoms with Crippen LogP contribution in [0.1, 0.15) is 0 Å². The molecule has 0 heterocycles. The average molecular weight is 204 g/mol. The van der Waals surface area contributed by atoms with Crippen LogP contribution in [0.15, 0.2) is 0 Å². The van der Waals surface area contributed by atoms with Crippen molar-refractivity contribution >= 4 is 17.1 Å². The Morgan fingerprint density at radius 3 is 2.27 bits per heavy atom. The standard InChI is InChI=1S/C3H10O6P2/c4-1-2(5)3(10)9-11(6,7)8/h2-5H,1,10H2,(H2,6,7,8). The Labute approximate surface area is 65.6 Å². The van der Waals surface area contributed by atoms with Gasteiger partial charge in [-0.1, -0.05) is 0 Å².